The topological polar surface area (TPSA) is 75.4 Å². The van der Waals surface area contributed by atoms with Gasteiger partial charge in [0.05, 0.1) is 0 Å². The monoisotopic (exact) mass is 398 g/mol. The second-order valence-electron chi connectivity index (χ2n) is 7.57. The minimum Gasteiger partial charge on any atom is -0.353 e. The SMILES string of the molecule is Cc1ccccc1C(=O)NC1CCN(c2ccc3nnc(-c4ccccc4)n3n2)C1. The molecule has 1 fully saturated rings. The molecule has 0 bridgehead atoms. The summed E-state index contributed by atoms with van der Waals surface area (Å²) in [6, 6.07) is 21.6. The molecular formula is C23H22N6O. The summed E-state index contributed by atoms with van der Waals surface area (Å²) in [6.45, 7) is 3.51. The van der Waals surface area contributed by atoms with Crippen LogP contribution in [0.1, 0.15) is 22.3 Å². The Balaban J connectivity index is 1.34. The number of aryl methyl sites for hydroxylation is 1. The van der Waals surface area contributed by atoms with Crippen LogP contribution in [0.4, 0.5) is 5.82 Å². The fraction of sp³-hybridized carbons (Fsp3) is 0.217. The molecular weight excluding hydrogens is 376 g/mol. The Morgan fingerprint density at radius 2 is 1.80 bits per heavy atom. The van der Waals surface area contributed by atoms with Gasteiger partial charge in [-0.1, -0.05) is 48.5 Å². The van der Waals surface area contributed by atoms with Gasteiger partial charge in [-0.25, -0.2) is 0 Å². The molecule has 1 N–H and O–H groups in total. The van der Waals surface area contributed by atoms with Crippen molar-refractivity contribution in [3.8, 4) is 11.4 Å². The van der Waals surface area contributed by atoms with Gasteiger partial charge in [-0.2, -0.15) is 4.52 Å². The van der Waals surface area contributed by atoms with Crippen LogP contribution in [0.15, 0.2) is 66.7 Å². The zero-order chi connectivity index (χ0) is 20.5. The summed E-state index contributed by atoms with van der Waals surface area (Å²) in [5, 5.41) is 16.5. The largest absolute Gasteiger partial charge is 0.353 e. The number of anilines is 1. The third-order valence-corrected chi connectivity index (χ3v) is 5.52. The van der Waals surface area contributed by atoms with E-state index in [0.717, 1.165) is 47.8 Å². The number of nitrogens with one attached hydrogen (secondary N) is 1. The van der Waals surface area contributed by atoms with Crippen LogP contribution >= 0.6 is 0 Å². The molecule has 0 saturated carbocycles. The molecule has 0 spiro atoms. The summed E-state index contributed by atoms with van der Waals surface area (Å²) in [7, 11) is 0. The lowest BCUT2D eigenvalue weighted by atomic mass is 10.1. The van der Waals surface area contributed by atoms with Crippen molar-refractivity contribution in [1.29, 1.82) is 0 Å². The zero-order valence-corrected chi connectivity index (χ0v) is 16.7. The number of fused-ring (bicyclic) bond motifs is 1. The maximum atomic E-state index is 12.6. The van der Waals surface area contributed by atoms with Gasteiger partial charge in [0.1, 0.15) is 5.82 Å². The number of carbonyl (C=O) groups excluding carboxylic acids is 1. The maximum absolute atomic E-state index is 12.6. The molecule has 0 aliphatic carbocycles. The van der Waals surface area contributed by atoms with Crippen LogP contribution in [0.5, 0.6) is 0 Å². The van der Waals surface area contributed by atoms with Crippen LogP contribution in [0.3, 0.4) is 0 Å². The van der Waals surface area contributed by atoms with Gasteiger partial charge >= 0.3 is 0 Å². The summed E-state index contributed by atoms with van der Waals surface area (Å²) in [5.74, 6) is 1.55. The minimum absolute atomic E-state index is 0.0199. The number of amides is 1. The van der Waals surface area contributed by atoms with E-state index in [-0.39, 0.29) is 11.9 Å². The molecule has 5 rings (SSSR count). The second-order valence-corrected chi connectivity index (χ2v) is 7.57. The van der Waals surface area contributed by atoms with Gasteiger partial charge in [-0.15, -0.1) is 15.3 Å². The predicted octanol–water partition coefficient (Wildman–Crippen LogP) is 3.11. The molecule has 7 nitrogen and oxygen atoms in total. The quantitative estimate of drug-likeness (QED) is 0.572. The highest BCUT2D eigenvalue weighted by molar-refractivity contribution is 5.95. The number of rotatable bonds is 4. The highest BCUT2D eigenvalue weighted by atomic mass is 16.1. The van der Waals surface area contributed by atoms with Crippen molar-refractivity contribution in [3.63, 3.8) is 0 Å². The van der Waals surface area contributed by atoms with E-state index in [0.29, 0.717) is 5.65 Å². The first-order valence-corrected chi connectivity index (χ1v) is 10.1. The van der Waals surface area contributed by atoms with E-state index in [1.54, 1.807) is 4.52 Å². The standard InChI is InChI=1S/C23H22N6O/c1-16-7-5-6-10-19(16)23(30)24-18-13-14-28(15-18)21-12-11-20-25-26-22(29(20)27-21)17-8-3-2-4-9-17/h2-12,18H,13-15H2,1H3,(H,24,30). The Kier molecular flexibility index (Phi) is 4.63. The molecule has 1 atom stereocenters. The lowest BCUT2D eigenvalue weighted by Gasteiger charge is -2.18. The second kappa shape index (κ2) is 7.59. The summed E-state index contributed by atoms with van der Waals surface area (Å²) in [4.78, 5) is 14.8. The minimum atomic E-state index is -0.0199. The van der Waals surface area contributed by atoms with Crippen molar-refractivity contribution in [2.45, 2.75) is 19.4 Å². The average Bonchev–Trinajstić information content (AvgIpc) is 3.41. The molecule has 0 radical (unpaired) electrons. The van der Waals surface area contributed by atoms with Crippen LogP contribution in [0.25, 0.3) is 17.0 Å². The number of aromatic nitrogens is 4. The Morgan fingerprint density at radius 3 is 2.63 bits per heavy atom. The first-order chi connectivity index (χ1) is 14.7. The third kappa shape index (κ3) is 3.39. The summed E-state index contributed by atoms with van der Waals surface area (Å²) < 4.78 is 1.78. The molecule has 1 aliphatic rings. The van der Waals surface area contributed by atoms with Crippen molar-refractivity contribution in [1.82, 2.24) is 25.1 Å². The first kappa shape index (κ1) is 18.3. The number of hydrogen-bond donors (Lipinski definition) is 1. The van der Waals surface area contributed by atoms with Gasteiger partial charge in [0.15, 0.2) is 11.5 Å². The smallest absolute Gasteiger partial charge is 0.251 e. The molecule has 1 unspecified atom stereocenters. The summed E-state index contributed by atoms with van der Waals surface area (Å²) >= 11 is 0. The van der Waals surface area contributed by atoms with Crippen molar-refractivity contribution >= 4 is 17.4 Å². The van der Waals surface area contributed by atoms with Gasteiger partial charge in [0, 0.05) is 30.3 Å². The highest BCUT2D eigenvalue weighted by Crippen LogP contribution is 2.22. The van der Waals surface area contributed by atoms with Crippen LogP contribution < -0.4 is 10.2 Å². The molecule has 1 amide bonds. The highest BCUT2D eigenvalue weighted by Gasteiger charge is 2.26. The molecule has 1 saturated heterocycles. The van der Waals surface area contributed by atoms with E-state index in [9.17, 15) is 4.79 Å². The van der Waals surface area contributed by atoms with Gasteiger partial charge in [0.2, 0.25) is 0 Å². The van der Waals surface area contributed by atoms with E-state index < -0.39 is 0 Å². The van der Waals surface area contributed by atoms with Gasteiger partial charge in [0.25, 0.3) is 5.91 Å². The molecule has 1 aliphatic heterocycles. The van der Waals surface area contributed by atoms with Crippen LogP contribution in [0, 0.1) is 6.92 Å². The van der Waals surface area contributed by atoms with E-state index in [1.807, 2.05) is 73.7 Å². The Hall–Kier alpha value is -3.74. The zero-order valence-electron chi connectivity index (χ0n) is 16.7. The van der Waals surface area contributed by atoms with Gasteiger partial charge < -0.3 is 10.2 Å². The Bertz CT molecular complexity index is 1200. The fourth-order valence-corrected chi connectivity index (χ4v) is 3.89. The number of nitrogens with zero attached hydrogens (tertiary/aromatic N) is 5. The van der Waals surface area contributed by atoms with Crippen molar-refractivity contribution in [2.24, 2.45) is 0 Å². The van der Waals surface area contributed by atoms with Gasteiger partial charge in [-0.3, -0.25) is 4.79 Å². The number of benzene rings is 2. The average molecular weight is 398 g/mol. The van der Waals surface area contributed by atoms with E-state index in [2.05, 4.69) is 20.4 Å². The summed E-state index contributed by atoms with van der Waals surface area (Å²) in [5.41, 5.74) is 3.39. The van der Waals surface area contributed by atoms with Crippen molar-refractivity contribution in [3.05, 3.63) is 77.9 Å². The van der Waals surface area contributed by atoms with Crippen LogP contribution in [-0.2, 0) is 0 Å². The van der Waals surface area contributed by atoms with E-state index in [1.165, 1.54) is 0 Å². The fourth-order valence-electron chi connectivity index (χ4n) is 3.89. The molecule has 150 valence electrons. The third-order valence-electron chi connectivity index (χ3n) is 5.52. The van der Waals surface area contributed by atoms with Gasteiger partial charge in [-0.05, 0) is 37.1 Å². The molecule has 30 heavy (non-hydrogen) atoms. The first-order valence-electron chi connectivity index (χ1n) is 10.1. The maximum Gasteiger partial charge on any atom is 0.251 e. The molecule has 4 aromatic rings. The van der Waals surface area contributed by atoms with E-state index in [4.69, 9.17) is 5.10 Å². The molecule has 3 heterocycles. The summed E-state index contributed by atoms with van der Waals surface area (Å²) in [6.07, 6.45) is 0.880. The molecule has 2 aromatic carbocycles. The lowest BCUT2D eigenvalue weighted by molar-refractivity contribution is 0.0940. The number of carbonyl (C=O) groups is 1. The van der Waals surface area contributed by atoms with Crippen molar-refractivity contribution in [2.75, 3.05) is 18.0 Å². The van der Waals surface area contributed by atoms with Crippen LogP contribution in [-0.4, -0.2) is 44.8 Å². The Labute approximate surface area is 174 Å². The molecule has 2 aromatic heterocycles. The van der Waals surface area contributed by atoms with Crippen molar-refractivity contribution < 1.29 is 4.79 Å². The Morgan fingerprint density at radius 1 is 1.00 bits per heavy atom. The molecule has 7 heteroatoms. The van der Waals surface area contributed by atoms with E-state index >= 15 is 0 Å². The van der Waals surface area contributed by atoms with Crippen LogP contribution in [0.2, 0.25) is 0 Å². The normalized spacial score (nSPS) is 16.2. The predicted molar refractivity (Wildman–Crippen MR) is 115 cm³/mol. The lowest BCUT2D eigenvalue weighted by Crippen LogP contribution is -2.37. The number of hydrogen-bond acceptors (Lipinski definition) is 5.